The lowest BCUT2D eigenvalue weighted by molar-refractivity contribution is -0.139. The third-order valence-corrected chi connectivity index (χ3v) is 5.14. The van der Waals surface area contributed by atoms with Crippen molar-refractivity contribution in [1.29, 1.82) is 0 Å². The molecule has 0 radical (unpaired) electrons. The molecule has 2 amide bonds. The average Bonchev–Trinajstić information content (AvgIpc) is 2.62. The molecule has 1 aromatic carbocycles. The predicted octanol–water partition coefficient (Wildman–Crippen LogP) is 1.76. The molecule has 0 atom stereocenters. The summed E-state index contributed by atoms with van der Waals surface area (Å²) in [4.78, 5) is 28.8. The van der Waals surface area contributed by atoms with E-state index in [1.807, 2.05) is 4.90 Å². The summed E-state index contributed by atoms with van der Waals surface area (Å²) >= 11 is 0. The molecule has 1 heterocycles. The molecule has 6 nitrogen and oxygen atoms in total. The molecule has 1 aromatic rings. The Morgan fingerprint density at radius 2 is 1.44 bits per heavy atom. The highest BCUT2D eigenvalue weighted by atomic mass is 35.5. The summed E-state index contributed by atoms with van der Waals surface area (Å²) in [6.45, 7) is 2.09. The van der Waals surface area contributed by atoms with Crippen LogP contribution < -0.4 is 5.73 Å². The van der Waals surface area contributed by atoms with Gasteiger partial charge in [-0.3, -0.25) is 9.59 Å². The van der Waals surface area contributed by atoms with E-state index in [0.717, 1.165) is 32.1 Å². The van der Waals surface area contributed by atoms with E-state index < -0.39 is 5.54 Å². The number of piperazine rings is 1. The van der Waals surface area contributed by atoms with Gasteiger partial charge in [0.25, 0.3) is 5.91 Å². The van der Waals surface area contributed by atoms with Crippen molar-refractivity contribution >= 4 is 24.2 Å². The molecule has 3 rings (SSSR count). The van der Waals surface area contributed by atoms with E-state index in [2.05, 4.69) is 0 Å². The maximum Gasteiger partial charge on any atom is 0.253 e. The van der Waals surface area contributed by atoms with Gasteiger partial charge in [0, 0.05) is 31.7 Å². The fraction of sp³-hybridized carbons (Fsp3) is 0.556. The first-order chi connectivity index (χ1) is 11.5. The Hall–Kier alpha value is -1.79. The Balaban J connectivity index is 0.00000225. The predicted molar refractivity (Wildman–Crippen MR) is 97.8 cm³/mol. The summed E-state index contributed by atoms with van der Waals surface area (Å²) < 4.78 is 0. The first kappa shape index (κ1) is 19.5. The lowest BCUT2D eigenvalue weighted by atomic mass is 9.81. The zero-order valence-corrected chi connectivity index (χ0v) is 15.1. The smallest absolute Gasteiger partial charge is 0.253 e. The maximum absolute atomic E-state index is 12.7. The number of nitrogens with two attached hydrogens (primary N) is 1. The highest BCUT2D eigenvalue weighted by molar-refractivity contribution is 5.94. The minimum Gasteiger partial charge on any atom is -0.508 e. The van der Waals surface area contributed by atoms with E-state index in [1.165, 1.54) is 12.1 Å². The van der Waals surface area contributed by atoms with Crippen LogP contribution in [0.2, 0.25) is 0 Å². The zero-order valence-electron chi connectivity index (χ0n) is 14.3. The summed E-state index contributed by atoms with van der Waals surface area (Å²) in [5, 5.41) is 9.31. The van der Waals surface area contributed by atoms with Crippen LogP contribution in [-0.4, -0.2) is 58.4 Å². The van der Waals surface area contributed by atoms with E-state index >= 15 is 0 Å². The van der Waals surface area contributed by atoms with Crippen molar-refractivity contribution in [3.05, 3.63) is 29.8 Å². The van der Waals surface area contributed by atoms with Crippen LogP contribution in [0.1, 0.15) is 42.5 Å². The van der Waals surface area contributed by atoms with Crippen LogP contribution in [0.15, 0.2) is 24.3 Å². The molecular weight excluding hydrogens is 342 g/mol. The number of carbonyl (C=O) groups is 2. The number of phenols is 1. The topological polar surface area (TPSA) is 86.9 Å². The van der Waals surface area contributed by atoms with Crippen LogP contribution in [0.4, 0.5) is 0 Å². The second kappa shape index (κ2) is 8.06. The van der Waals surface area contributed by atoms with Gasteiger partial charge in [0.05, 0.1) is 5.54 Å². The molecule has 1 aliphatic carbocycles. The minimum absolute atomic E-state index is 0. The van der Waals surface area contributed by atoms with Gasteiger partial charge in [-0.25, -0.2) is 0 Å². The van der Waals surface area contributed by atoms with Crippen LogP contribution in [0.25, 0.3) is 0 Å². The number of nitrogens with zero attached hydrogens (tertiary/aromatic N) is 2. The van der Waals surface area contributed by atoms with Gasteiger partial charge < -0.3 is 20.6 Å². The standard InChI is InChI=1S/C18H25N3O3.ClH/c19-18(8-2-1-3-9-18)17(24)21-12-10-20(11-13-21)16(23)14-4-6-15(22)7-5-14;/h4-7,22H,1-3,8-13,19H2;1H. The number of hydrogen-bond donors (Lipinski definition) is 2. The molecule has 138 valence electrons. The number of carbonyl (C=O) groups excluding carboxylic acids is 2. The summed E-state index contributed by atoms with van der Waals surface area (Å²) in [6.07, 6.45) is 4.71. The normalized spacial score (nSPS) is 19.9. The fourth-order valence-electron chi connectivity index (χ4n) is 3.61. The van der Waals surface area contributed by atoms with Gasteiger partial charge in [-0.15, -0.1) is 12.4 Å². The van der Waals surface area contributed by atoms with Crippen molar-refractivity contribution in [3.63, 3.8) is 0 Å². The Bertz CT molecular complexity index is 606. The Morgan fingerprint density at radius 3 is 2.00 bits per heavy atom. The number of rotatable bonds is 2. The lowest BCUT2D eigenvalue weighted by Gasteiger charge is -2.41. The van der Waals surface area contributed by atoms with E-state index in [1.54, 1.807) is 17.0 Å². The van der Waals surface area contributed by atoms with Crippen molar-refractivity contribution < 1.29 is 14.7 Å². The average molecular weight is 368 g/mol. The first-order valence-electron chi connectivity index (χ1n) is 8.66. The zero-order chi connectivity index (χ0) is 17.2. The number of benzene rings is 1. The summed E-state index contributed by atoms with van der Waals surface area (Å²) in [5.74, 6) is 0.115. The number of aromatic hydroxyl groups is 1. The Morgan fingerprint density at radius 1 is 0.920 bits per heavy atom. The second-order valence-electron chi connectivity index (χ2n) is 6.85. The van der Waals surface area contributed by atoms with E-state index in [9.17, 15) is 14.7 Å². The summed E-state index contributed by atoms with van der Waals surface area (Å²) in [7, 11) is 0. The van der Waals surface area contributed by atoms with Gasteiger partial charge in [-0.2, -0.15) is 0 Å². The van der Waals surface area contributed by atoms with Gasteiger partial charge in [0.1, 0.15) is 5.75 Å². The maximum atomic E-state index is 12.7. The number of phenolic OH excluding ortho intramolecular Hbond substituents is 1. The Labute approximate surface area is 154 Å². The van der Waals surface area contributed by atoms with Crippen LogP contribution >= 0.6 is 12.4 Å². The quantitative estimate of drug-likeness (QED) is 0.833. The molecule has 0 aromatic heterocycles. The van der Waals surface area contributed by atoms with Crippen molar-refractivity contribution in [2.24, 2.45) is 5.73 Å². The van der Waals surface area contributed by atoms with Crippen molar-refractivity contribution in [2.75, 3.05) is 26.2 Å². The number of halogens is 1. The Kier molecular flexibility index (Phi) is 6.30. The van der Waals surface area contributed by atoms with Crippen molar-refractivity contribution in [2.45, 2.75) is 37.6 Å². The van der Waals surface area contributed by atoms with Crippen LogP contribution in [0.5, 0.6) is 5.75 Å². The van der Waals surface area contributed by atoms with Gasteiger partial charge in [0.15, 0.2) is 0 Å². The molecule has 1 saturated carbocycles. The first-order valence-corrected chi connectivity index (χ1v) is 8.66. The van der Waals surface area contributed by atoms with Crippen LogP contribution in [-0.2, 0) is 4.79 Å². The van der Waals surface area contributed by atoms with Crippen molar-refractivity contribution in [1.82, 2.24) is 9.80 Å². The third-order valence-electron chi connectivity index (χ3n) is 5.14. The van der Waals surface area contributed by atoms with E-state index in [4.69, 9.17) is 5.73 Å². The molecule has 2 fully saturated rings. The van der Waals surface area contributed by atoms with Gasteiger partial charge in [0.2, 0.25) is 5.91 Å². The molecule has 0 bridgehead atoms. The number of amides is 2. The molecule has 2 aliphatic rings. The lowest BCUT2D eigenvalue weighted by Crippen LogP contribution is -2.60. The molecule has 1 saturated heterocycles. The summed E-state index contributed by atoms with van der Waals surface area (Å²) in [6, 6.07) is 6.25. The molecular formula is C18H26ClN3O3. The molecule has 1 aliphatic heterocycles. The molecule has 0 unspecified atom stereocenters. The molecule has 0 spiro atoms. The van der Waals surface area contributed by atoms with Gasteiger partial charge >= 0.3 is 0 Å². The molecule has 25 heavy (non-hydrogen) atoms. The van der Waals surface area contributed by atoms with Crippen LogP contribution in [0.3, 0.4) is 0 Å². The number of hydrogen-bond acceptors (Lipinski definition) is 4. The molecule has 3 N–H and O–H groups in total. The SMILES string of the molecule is Cl.NC1(C(=O)N2CCN(C(=O)c3ccc(O)cc3)CC2)CCCCC1. The fourth-order valence-corrected chi connectivity index (χ4v) is 3.61. The highest BCUT2D eigenvalue weighted by Gasteiger charge is 2.39. The minimum atomic E-state index is -0.707. The monoisotopic (exact) mass is 367 g/mol. The van der Waals surface area contributed by atoms with E-state index in [-0.39, 0.29) is 30.0 Å². The largest absolute Gasteiger partial charge is 0.508 e. The van der Waals surface area contributed by atoms with Gasteiger partial charge in [-0.05, 0) is 37.1 Å². The van der Waals surface area contributed by atoms with Crippen LogP contribution in [0, 0.1) is 0 Å². The summed E-state index contributed by atoms with van der Waals surface area (Å²) in [5.41, 5.74) is 6.18. The van der Waals surface area contributed by atoms with E-state index in [0.29, 0.717) is 31.7 Å². The van der Waals surface area contributed by atoms with Gasteiger partial charge in [-0.1, -0.05) is 19.3 Å². The molecule has 7 heteroatoms. The third kappa shape index (κ3) is 4.25. The second-order valence-corrected chi connectivity index (χ2v) is 6.85. The van der Waals surface area contributed by atoms with Crippen molar-refractivity contribution in [3.8, 4) is 5.75 Å². The highest BCUT2D eigenvalue weighted by Crippen LogP contribution is 2.28.